The fraction of sp³-hybridized carbons (Fsp3) is 0.400. The van der Waals surface area contributed by atoms with Crippen molar-refractivity contribution >= 4 is 22.5 Å². The number of benzene rings is 2. The molecule has 0 amide bonds. The van der Waals surface area contributed by atoms with E-state index in [1.165, 1.54) is 11.8 Å². The third-order valence-corrected chi connectivity index (χ3v) is 5.25. The van der Waals surface area contributed by atoms with E-state index in [-0.39, 0.29) is 13.5 Å². The van der Waals surface area contributed by atoms with Crippen molar-refractivity contribution in [1.82, 2.24) is 0 Å². The number of hydrogen-bond acceptors (Lipinski definition) is 8. The average molecular weight is 472 g/mol. The van der Waals surface area contributed by atoms with E-state index in [1.54, 1.807) is 26.4 Å². The summed E-state index contributed by atoms with van der Waals surface area (Å²) in [6.07, 6.45) is 2.73. The molecular weight excluding hydrogens is 438 g/mol. The van der Waals surface area contributed by atoms with Crippen molar-refractivity contribution in [2.75, 3.05) is 40.6 Å². The van der Waals surface area contributed by atoms with E-state index in [4.69, 9.17) is 29.6 Å². The molecular formula is C25H33N3O4S. The summed E-state index contributed by atoms with van der Waals surface area (Å²) in [6, 6.07) is 13.0. The normalized spacial score (nSPS) is 11.6. The first-order chi connectivity index (χ1) is 16.1. The Morgan fingerprint density at radius 1 is 1.24 bits per heavy atom. The highest BCUT2D eigenvalue weighted by atomic mass is 32.2. The summed E-state index contributed by atoms with van der Waals surface area (Å²) in [5.74, 6) is 1.46. The summed E-state index contributed by atoms with van der Waals surface area (Å²) in [7, 11) is 3.17. The summed E-state index contributed by atoms with van der Waals surface area (Å²) >= 11 is 1.42. The second-order valence-corrected chi connectivity index (χ2v) is 7.21. The maximum absolute atomic E-state index is 8.51. The largest absolute Gasteiger partial charge is 0.493 e. The lowest BCUT2D eigenvalue weighted by molar-refractivity contribution is -0.0270. The summed E-state index contributed by atoms with van der Waals surface area (Å²) in [4.78, 5) is 4.33. The van der Waals surface area contributed by atoms with Gasteiger partial charge >= 0.3 is 0 Å². The number of rotatable bonds is 7. The van der Waals surface area contributed by atoms with E-state index in [0.717, 1.165) is 28.9 Å². The Balaban J connectivity index is 0.000000454. The smallest absolute Gasteiger partial charge is 0.164 e. The molecule has 0 saturated carbocycles. The molecule has 1 aliphatic heterocycles. The lowest BCUT2D eigenvalue weighted by Crippen LogP contribution is -2.14. The number of hydrogen-bond donors (Lipinski definition) is 1. The highest BCUT2D eigenvalue weighted by molar-refractivity contribution is 8.15. The molecule has 0 aliphatic carbocycles. The van der Waals surface area contributed by atoms with Crippen molar-refractivity contribution < 1.29 is 18.9 Å². The third kappa shape index (κ3) is 8.21. The molecule has 2 aromatic rings. The molecule has 0 aromatic heterocycles. The Kier molecular flexibility index (Phi) is 13.5. The van der Waals surface area contributed by atoms with Crippen molar-refractivity contribution in [1.29, 1.82) is 10.7 Å². The van der Waals surface area contributed by atoms with Crippen LogP contribution in [0.25, 0.3) is 0 Å². The number of nitrogens with zero attached hydrogens (tertiary/aromatic N) is 2. The van der Waals surface area contributed by atoms with Crippen LogP contribution < -0.4 is 9.47 Å². The van der Waals surface area contributed by atoms with Gasteiger partial charge in [0.1, 0.15) is 18.6 Å². The highest BCUT2D eigenvalue weighted by Gasteiger charge is 2.24. The van der Waals surface area contributed by atoms with Crippen LogP contribution in [-0.4, -0.2) is 51.4 Å². The first-order valence-electron chi connectivity index (χ1n) is 10.6. The monoisotopic (exact) mass is 471 g/mol. The SMILES string of the molecule is CC.COCOC/N=C(\SC)C(=N)c1cc(OC)c2c(c1C)CCO2.N#Cc1ccccc1. The van der Waals surface area contributed by atoms with Crippen LogP contribution in [0, 0.1) is 23.7 Å². The topological polar surface area (TPSA) is 96.9 Å². The molecule has 0 unspecified atom stereocenters. The van der Waals surface area contributed by atoms with Crippen LogP contribution in [0.1, 0.15) is 36.1 Å². The van der Waals surface area contributed by atoms with Crippen molar-refractivity contribution in [3.8, 4) is 17.6 Å². The predicted octanol–water partition coefficient (Wildman–Crippen LogP) is 5.23. The lowest BCUT2D eigenvalue weighted by Gasteiger charge is -2.15. The van der Waals surface area contributed by atoms with Gasteiger partial charge in [0, 0.05) is 24.7 Å². The Morgan fingerprint density at radius 2 is 1.94 bits per heavy atom. The Bertz CT molecular complexity index is 956. The van der Waals surface area contributed by atoms with Gasteiger partial charge in [-0.2, -0.15) is 5.26 Å². The fourth-order valence-electron chi connectivity index (χ4n) is 3.01. The minimum Gasteiger partial charge on any atom is -0.493 e. The van der Waals surface area contributed by atoms with Gasteiger partial charge in [-0.05, 0) is 36.9 Å². The zero-order chi connectivity index (χ0) is 24.6. The summed E-state index contributed by atoms with van der Waals surface area (Å²) < 4.78 is 21.1. The van der Waals surface area contributed by atoms with Crippen LogP contribution in [0.5, 0.6) is 11.5 Å². The van der Waals surface area contributed by atoms with E-state index in [2.05, 4.69) is 4.99 Å². The molecule has 0 spiro atoms. The molecule has 0 radical (unpaired) electrons. The molecule has 0 saturated heterocycles. The van der Waals surface area contributed by atoms with Crippen LogP contribution in [0.2, 0.25) is 0 Å². The fourth-order valence-corrected chi connectivity index (χ4v) is 3.51. The van der Waals surface area contributed by atoms with Crippen molar-refractivity contribution in [2.24, 2.45) is 4.99 Å². The lowest BCUT2D eigenvalue weighted by atomic mass is 9.96. The summed E-state index contributed by atoms with van der Waals surface area (Å²) in [5.41, 5.74) is 4.05. The van der Waals surface area contributed by atoms with E-state index in [0.29, 0.717) is 28.7 Å². The van der Waals surface area contributed by atoms with Crippen LogP contribution in [0.4, 0.5) is 0 Å². The molecule has 1 aliphatic rings. The number of thioether (sulfide) groups is 1. The quantitative estimate of drug-likeness (QED) is 0.257. The van der Waals surface area contributed by atoms with E-state index in [9.17, 15) is 0 Å². The van der Waals surface area contributed by atoms with E-state index < -0.39 is 0 Å². The standard InChI is InChI=1S/C16H22N2O4S.C7H5N.C2H6/c1-10-11-5-6-22-15(11)13(20-3)7-12(10)14(17)16(23-4)18-8-21-9-19-2;8-6-7-4-2-1-3-5-7;1-2/h7,17H,5-6,8-9H2,1-4H3;1-5H;1-2H3/b17-14?,18-16-;;. The van der Waals surface area contributed by atoms with Crippen LogP contribution in [0.15, 0.2) is 41.4 Å². The Hall–Kier alpha value is -2.86. The number of nitrogens with one attached hydrogen (secondary N) is 1. The molecule has 33 heavy (non-hydrogen) atoms. The molecule has 2 aromatic carbocycles. The zero-order valence-electron chi connectivity index (χ0n) is 20.2. The molecule has 7 nitrogen and oxygen atoms in total. The van der Waals surface area contributed by atoms with Gasteiger partial charge in [-0.15, -0.1) is 11.8 Å². The number of nitriles is 1. The molecule has 3 rings (SSSR count). The molecule has 0 atom stereocenters. The van der Waals surface area contributed by atoms with Crippen molar-refractivity contribution in [3.63, 3.8) is 0 Å². The number of methoxy groups -OCH3 is 2. The minimum atomic E-state index is 0.163. The molecule has 1 heterocycles. The average Bonchev–Trinajstić information content (AvgIpc) is 3.37. The number of fused-ring (bicyclic) bond motifs is 1. The molecule has 0 fully saturated rings. The first-order valence-corrected chi connectivity index (χ1v) is 11.8. The second-order valence-electron chi connectivity index (χ2n) is 6.42. The zero-order valence-corrected chi connectivity index (χ0v) is 21.0. The van der Waals surface area contributed by atoms with Gasteiger partial charge in [0.15, 0.2) is 11.5 Å². The van der Waals surface area contributed by atoms with Gasteiger partial charge in [-0.1, -0.05) is 32.0 Å². The van der Waals surface area contributed by atoms with E-state index in [1.807, 2.05) is 57.4 Å². The van der Waals surface area contributed by atoms with Crippen LogP contribution >= 0.6 is 11.8 Å². The van der Waals surface area contributed by atoms with E-state index >= 15 is 0 Å². The highest BCUT2D eigenvalue weighted by Crippen LogP contribution is 2.39. The van der Waals surface area contributed by atoms with Crippen LogP contribution in [-0.2, 0) is 15.9 Å². The summed E-state index contributed by atoms with van der Waals surface area (Å²) in [6.45, 7) is 7.01. The molecule has 1 N–H and O–H groups in total. The van der Waals surface area contributed by atoms with Gasteiger partial charge < -0.3 is 18.9 Å². The van der Waals surface area contributed by atoms with Gasteiger partial charge in [0.05, 0.1) is 31.1 Å². The van der Waals surface area contributed by atoms with Crippen molar-refractivity contribution in [2.45, 2.75) is 27.2 Å². The summed E-state index contributed by atoms with van der Waals surface area (Å²) in [5, 5.41) is 17.4. The molecule has 8 heteroatoms. The molecule has 178 valence electrons. The molecule has 0 bridgehead atoms. The van der Waals surface area contributed by atoms with Gasteiger partial charge in [0.25, 0.3) is 0 Å². The first kappa shape index (κ1) is 28.2. The second kappa shape index (κ2) is 15.9. The van der Waals surface area contributed by atoms with Crippen LogP contribution in [0.3, 0.4) is 0 Å². The maximum Gasteiger partial charge on any atom is 0.164 e. The van der Waals surface area contributed by atoms with Gasteiger partial charge in [-0.3, -0.25) is 5.41 Å². The number of ether oxygens (including phenoxy) is 4. The predicted molar refractivity (Wildman–Crippen MR) is 135 cm³/mol. The number of aliphatic imine (C=N–C) groups is 1. The Morgan fingerprint density at radius 3 is 2.48 bits per heavy atom. The third-order valence-electron chi connectivity index (χ3n) is 4.53. The Labute approximate surface area is 201 Å². The van der Waals surface area contributed by atoms with Crippen molar-refractivity contribution in [3.05, 3.63) is 58.7 Å². The maximum atomic E-state index is 8.51. The van der Waals surface area contributed by atoms with Gasteiger partial charge in [0.2, 0.25) is 0 Å². The minimum absolute atomic E-state index is 0.163. The van der Waals surface area contributed by atoms with Gasteiger partial charge in [-0.25, -0.2) is 4.99 Å².